The fraction of sp³-hybridized carbons (Fsp3) is 0.444. The van der Waals surface area contributed by atoms with Gasteiger partial charge in [-0.05, 0) is 56.4 Å². The standard InChI is InChI=1S/C18H26N4/c1-12(2)6-7-19-17-11-15(5)20-18(22-17)21-16-9-13(3)8-14(4)10-16/h8-12H,6-7H2,1-5H3,(H2,19,20,21,22). The largest absolute Gasteiger partial charge is 0.370 e. The van der Waals surface area contributed by atoms with E-state index in [1.165, 1.54) is 11.1 Å². The van der Waals surface area contributed by atoms with Crippen LogP contribution in [0.3, 0.4) is 0 Å². The maximum absolute atomic E-state index is 4.55. The summed E-state index contributed by atoms with van der Waals surface area (Å²) in [6.45, 7) is 11.5. The lowest BCUT2D eigenvalue weighted by Crippen LogP contribution is -2.08. The molecule has 1 aromatic heterocycles. The van der Waals surface area contributed by atoms with Crippen LogP contribution < -0.4 is 10.6 Å². The van der Waals surface area contributed by atoms with E-state index in [9.17, 15) is 0 Å². The van der Waals surface area contributed by atoms with Gasteiger partial charge in [0.15, 0.2) is 0 Å². The third kappa shape index (κ3) is 5.02. The highest BCUT2D eigenvalue weighted by molar-refractivity contribution is 5.57. The molecule has 0 spiro atoms. The first-order chi connectivity index (χ1) is 10.4. The first kappa shape index (κ1) is 16.3. The number of anilines is 3. The Morgan fingerprint density at radius 2 is 1.64 bits per heavy atom. The number of hydrogen-bond acceptors (Lipinski definition) is 4. The molecule has 4 heteroatoms. The fourth-order valence-corrected chi connectivity index (χ4v) is 2.38. The van der Waals surface area contributed by atoms with Gasteiger partial charge >= 0.3 is 0 Å². The minimum absolute atomic E-state index is 0.636. The van der Waals surface area contributed by atoms with Crippen molar-refractivity contribution < 1.29 is 0 Å². The first-order valence-corrected chi connectivity index (χ1v) is 7.87. The van der Waals surface area contributed by atoms with Crippen LogP contribution in [0.1, 0.15) is 37.1 Å². The van der Waals surface area contributed by atoms with E-state index in [4.69, 9.17) is 0 Å². The monoisotopic (exact) mass is 298 g/mol. The number of benzene rings is 1. The van der Waals surface area contributed by atoms with E-state index >= 15 is 0 Å². The third-order valence-electron chi connectivity index (χ3n) is 3.36. The Kier molecular flexibility index (Phi) is 5.36. The molecule has 0 bridgehead atoms. The smallest absolute Gasteiger partial charge is 0.229 e. The van der Waals surface area contributed by atoms with Crippen LogP contribution in [0.25, 0.3) is 0 Å². The second-order valence-corrected chi connectivity index (χ2v) is 6.33. The molecule has 0 aliphatic carbocycles. The van der Waals surface area contributed by atoms with Gasteiger partial charge in [-0.3, -0.25) is 0 Å². The van der Waals surface area contributed by atoms with E-state index in [0.717, 1.165) is 30.2 Å². The molecule has 2 rings (SSSR count). The SMILES string of the molecule is Cc1cc(C)cc(Nc2nc(C)cc(NCCC(C)C)n2)c1. The van der Waals surface area contributed by atoms with Gasteiger partial charge in [0.2, 0.25) is 5.95 Å². The summed E-state index contributed by atoms with van der Waals surface area (Å²) in [5, 5.41) is 6.68. The molecule has 0 atom stereocenters. The van der Waals surface area contributed by atoms with Gasteiger partial charge in [0.25, 0.3) is 0 Å². The van der Waals surface area contributed by atoms with Crippen molar-refractivity contribution in [1.82, 2.24) is 9.97 Å². The number of hydrogen-bond donors (Lipinski definition) is 2. The molecule has 118 valence electrons. The van der Waals surface area contributed by atoms with E-state index in [2.05, 4.69) is 66.5 Å². The Hall–Kier alpha value is -2.10. The van der Waals surface area contributed by atoms with Gasteiger partial charge < -0.3 is 10.6 Å². The van der Waals surface area contributed by atoms with Crippen molar-refractivity contribution in [2.24, 2.45) is 5.92 Å². The second-order valence-electron chi connectivity index (χ2n) is 6.33. The quantitative estimate of drug-likeness (QED) is 0.818. The highest BCUT2D eigenvalue weighted by Gasteiger charge is 2.04. The topological polar surface area (TPSA) is 49.8 Å². The molecule has 2 aromatic rings. The zero-order valence-electron chi connectivity index (χ0n) is 14.2. The molecule has 0 fully saturated rings. The molecular formula is C18H26N4. The Morgan fingerprint density at radius 3 is 2.27 bits per heavy atom. The predicted octanol–water partition coefficient (Wildman–Crippen LogP) is 4.60. The highest BCUT2D eigenvalue weighted by Crippen LogP contribution is 2.19. The molecule has 2 N–H and O–H groups in total. The highest BCUT2D eigenvalue weighted by atomic mass is 15.1. The summed E-state index contributed by atoms with van der Waals surface area (Å²) in [5.41, 5.74) is 4.43. The molecule has 1 aromatic carbocycles. The van der Waals surface area contributed by atoms with Crippen molar-refractivity contribution in [2.45, 2.75) is 41.0 Å². The summed E-state index contributed by atoms with van der Waals surface area (Å²) in [4.78, 5) is 9.02. The van der Waals surface area contributed by atoms with E-state index in [1.807, 2.05) is 13.0 Å². The Labute approximate surface area is 133 Å². The van der Waals surface area contributed by atoms with Crippen LogP contribution in [-0.4, -0.2) is 16.5 Å². The fourth-order valence-electron chi connectivity index (χ4n) is 2.38. The van der Waals surface area contributed by atoms with Crippen molar-refractivity contribution in [2.75, 3.05) is 17.2 Å². The maximum atomic E-state index is 4.55. The van der Waals surface area contributed by atoms with E-state index < -0.39 is 0 Å². The molecule has 0 aliphatic heterocycles. The van der Waals surface area contributed by atoms with E-state index in [-0.39, 0.29) is 0 Å². The average molecular weight is 298 g/mol. The normalized spacial score (nSPS) is 10.8. The van der Waals surface area contributed by atoms with Crippen LogP contribution in [0, 0.1) is 26.7 Å². The van der Waals surface area contributed by atoms with Crippen LogP contribution in [0.4, 0.5) is 17.5 Å². The van der Waals surface area contributed by atoms with Gasteiger partial charge in [-0.15, -0.1) is 0 Å². The molecule has 0 aliphatic rings. The Bertz CT molecular complexity index is 615. The lowest BCUT2D eigenvalue weighted by molar-refractivity contribution is 0.606. The lowest BCUT2D eigenvalue weighted by atomic mass is 10.1. The van der Waals surface area contributed by atoms with Crippen molar-refractivity contribution in [3.05, 3.63) is 41.1 Å². The molecule has 0 amide bonds. The summed E-state index contributed by atoms with van der Waals surface area (Å²) < 4.78 is 0. The zero-order chi connectivity index (χ0) is 16.1. The van der Waals surface area contributed by atoms with Gasteiger partial charge in [-0.25, -0.2) is 4.98 Å². The average Bonchev–Trinajstić information content (AvgIpc) is 2.36. The van der Waals surface area contributed by atoms with E-state index in [0.29, 0.717) is 11.9 Å². The summed E-state index contributed by atoms with van der Waals surface area (Å²) in [5.74, 6) is 2.19. The van der Waals surface area contributed by atoms with Gasteiger partial charge in [-0.2, -0.15) is 4.98 Å². The molecular weight excluding hydrogens is 272 g/mol. The third-order valence-corrected chi connectivity index (χ3v) is 3.36. The summed E-state index contributed by atoms with van der Waals surface area (Å²) in [6.07, 6.45) is 1.13. The summed E-state index contributed by atoms with van der Waals surface area (Å²) in [6, 6.07) is 8.34. The first-order valence-electron chi connectivity index (χ1n) is 7.87. The van der Waals surface area contributed by atoms with Crippen LogP contribution in [0.2, 0.25) is 0 Å². The van der Waals surface area contributed by atoms with Gasteiger partial charge in [0.1, 0.15) is 5.82 Å². The molecule has 22 heavy (non-hydrogen) atoms. The number of nitrogens with zero attached hydrogens (tertiary/aromatic N) is 2. The number of aryl methyl sites for hydroxylation is 3. The summed E-state index contributed by atoms with van der Waals surface area (Å²) in [7, 11) is 0. The lowest BCUT2D eigenvalue weighted by Gasteiger charge is -2.11. The maximum Gasteiger partial charge on any atom is 0.229 e. The predicted molar refractivity (Wildman–Crippen MR) is 93.9 cm³/mol. The minimum Gasteiger partial charge on any atom is -0.370 e. The van der Waals surface area contributed by atoms with Crippen LogP contribution in [-0.2, 0) is 0 Å². The molecule has 0 radical (unpaired) electrons. The number of rotatable bonds is 6. The molecule has 1 heterocycles. The molecule has 0 saturated carbocycles. The van der Waals surface area contributed by atoms with Crippen molar-refractivity contribution in [3.63, 3.8) is 0 Å². The van der Waals surface area contributed by atoms with Crippen LogP contribution in [0.15, 0.2) is 24.3 Å². The minimum atomic E-state index is 0.636. The van der Waals surface area contributed by atoms with Gasteiger partial charge in [0.05, 0.1) is 0 Å². The molecule has 0 saturated heterocycles. The van der Waals surface area contributed by atoms with E-state index in [1.54, 1.807) is 0 Å². The zero-order valence-corrected chi connectivity index (χ0v) is 14.2. The van der Waals surface area contributed by atoms with Gasteiger partial charge in [0, 0.05) is 24.0 Å². The van der Waals surface area contributed by atoms with Crippen molar-refractivity contribution in [1.29, 1.82) is 0 Å². The summed E-state index contributed by atoms with van der Waals surface area (Å²) >= 11 is 0. The Balaban J connectivity index is 2.11. The molecule has 0 unspecified atom stereocenters. The van der Waals surface area contributed by atoms with Gasteiger partial charge in [-0.1, -0.05) is 19.9 Å². The number of aromatic nitrogens is 2. The van der Waals surface area contributed by atoms with Crippen molar-refractivity contribution >= 4 is 17.5 Å². The Morgan fingerprint density at radius 1 is 0.955 bits per heavy atom. The van der Waals surface area contributed by atoms with Crippen LogP contribution in [0.5, 0.6) is 0 Å². The van der Waals surface area contributed by atoms with Crippen molar-refractivity contribution in [3.8, 4) is 0 Å². The van der Waals surface area contributed by atoms with Crippen LogP contribution >= 0.6 is 0 Å². The number of nitrogens with one attached hydrogen (secondary N) is 2. The second kappa shape index (κ2) is 7.25. The molecule has 4 nitrogen and oxygen atoms in total.